The van der Waals surface area contributed by atoms with E-state index in [4.69, 9.17) is 44.5 Å². The third-order valence-corrected chi connectivity index (χ3v) is 10.7. The summed E-state index contributed by atoms with van der Waals surface area (Å²) in [6.07, 6.45) is -0.588. The number of fused-ring (bicyclic) bond motifs is 3. The number of nitrogens with zero attached hydrogens (tertiary/aromatic N) is 4. The van der Waals surface area contributed by atoms with Crippen molar-refractivity contribution in [3.05, 3.63) is 102 Å². The molecule has 0 aromatic heterocycles. The topological polar surface area (TPSA) is 188 Å². The molecule has 4 atom stereocenters. The number of hydrogen-bond donors (Lipinski definition) is 6. The molecule has 0 bridgehead atoms. The van der Waals surface area contributed by atoms with Gasteiger partial charge in [0.1, 0.15) is 19.2 Å². The SMILES string of the molecule is C=C1NC2[C@H](CN3C(=O)CN(c4ccccc4)C3=O)N=C(NC(=O)OCC(Cl)(Cl)Cl)N3CC(NC(=O)c4cccc5c4Cc4ccccc4-5)C(O)(O)C23N1. The molecule has 3 unspecified atom stereocenters. The zero-order chi connectivity index (χ0) is 38.2. The third kappa shape index (κ3) is 5.87. The number of ether oxygens (including phenoxy) is 1. The molecule has 4 aliphatic heterocycles. The molecule has 3 fully saturated rings. The zero-order valence-electron chi connectivity index (χ0n) is 28.3. The first-order valence-corrected chi connectivity index (χ1v) is 18.0. The molecule has 5 amide bonds. The van der Waals surface area contributed by atoms with Crippen molar-refractivity contribution in [1.29, 1.82) is 0 Å². The highest BCUT2D eigenvalue weighted by atomic mass is 35.6. The number of hydrogen-bond acceptors (Lipinski definition) is 11. The number of amides is 5. The summed E-state index contributed by atoms with van der Waals surface area (Å²) in [5.74, 6) is -3.99. The van der Waals surface area contributed by atoms with Crippen molar-refractivity contribution in [1.82, 2.24) is 31.1 Å². The molecule has 3 saturated heterocycles. The summed E-state index contributed by atoms with van der Waals surface area (Å²) < 4.78 is 3.16. The fourth-order valence-corrected chi connectivity index (χ4v) is 8.19. The smallest absolute Gasteiger partial charge is 0.414 e. The van der Waals surface area contributed by atoms with Crippen LogP contribution in [0.5, 0.6) is 0 Å². The summed E-state index contributed by atoms with van der Waals surface area (Å²) in [4.78, 5) is 62.5. The molecule has 0 saturated carbocycles. The number of halogens is 3. The monoisotopic (exact) mass is 794 g/mol. The Bertz CT molecular complexity index is 2130. The van der Waals surface area contributed by atoms with Crippen molar-refractivity contribution in [2.45, 2.75) is 39.8 Å². The number of para-hydroxylation sites is 1. The van der Waals surface area contributed by atoms with E-state index >= 15 is 0 Å². The van der Waals surface area contributed by atoms with Crippen LogP contribution in [0.2, 0.25) is 0 Å². The van der Waals surface area contributed by atoms with E-state index < -0.39 is 63.9 Å². The first kappa shape index (κ1) is 35.9. The maximum absolute atomic E-state index is 14.1. The second-order valence-electron chi connectivity index (χ2n) is 13.6. The maximum Gasteiger partial charge on any atom is 0.414 e. The number of carbonyl (C=O) groups is 4. The van der Waals surface area contributed by atoms with Crippen LogP contribution in [0.25, 0.3) is 11.1 Å². The molecule has 3 aromatic carbocycles. The van der Waals surface area contributed by atoms with Gasteiger partial charge in [-0.1, -0.05) is 96.0 Å². The number of urea groups is 1. The average molecular weight is 796 g/mol. The maximum atomic E-state index is 14.1. The largest absolute Gasteiger partial charge is 0.445 e. The Kier molecular flexibility index (Phi) is 8.69. The molecule has 3 aromatic rings. The lowest BCUT2D eigenvalue weighted by Gasteiger charge is -2.49. The van der Waals surface area contributed by atoms with Gasteiger partial charge in [0, 0.05) is 17.8 Å². The van der Waals surface area contributed by atoms with Gasteiger partial charge in [0.25, 0.3) is 11.8 Å². The van der Waals surface area contributed by atoms with Crippen LogP contribution in [0.4, 0.5) is 15.3 Å². The van der Waals surface area contributed by atoms with E-state index in [1.807, 2.05) is 30.3 Å². The normalized spacial score (nSPS) is 24.9. The Labute approximate surface area is 323 Å². The van der Waals surface area contributed by atoms with Gasteiger partial charge in [-0.05, 0) is 46.9 Å². The number of imide groups is 1. The average Bonchev–Trinajstić information content (AvgIpc) is 3.84. The number of aliphatic hydroxyl groups is 2. The van der Waals surface area contributed by atoms with Crippen molar-refractivity contribution in [3.63, 3.8) is 0 Å². The second-order valence-corrected chi connectivity index (χ2v) is 16.1. The minimum atomic E-state index is -2.81. The zero-order valence-corrected chi connectivity index (χ0v) is 30.5. The fraction of sp³-hybridized carbons (Fsp3) is 0.306. The van der Waals surface area contributed by atoms with Crippen molar-refractivity contribution < 1.29 is 34.1 Å². The van der Waals surface area contributed by atoms with Crippen LogP contribution >= 0.6 is 34.8 Å². The number of benzene rings is 3. The summed E-state index contributed by atoms with van der Waals surface area (Å²) in [5, 5.41) is 35.9. The summed E-state index contributed by atoms with van der Waals surface area (Å²) in [5.41, 5.74) is 2.66. The Morgan fingerprint density at radius 3 is 2.50 bits per heavy atom. The second kappa shape index (κ2) is 13.1. The first-order chi connectivity index (χ1) is 25.7. The summed E-state index contributed by atoms with van der Waals surface area (Å²) in [7, 11) is 0. The van der Waals surface area contributed by atoms with Crippen molar-refractivity contribution in [3.8, 4) is 11.1 Å². The number of aliphatic imine (C=N–C) groups is 1. The summed E-state index contributed by atoms with van der Waals surface area (Å²) >= 11 is 17.4. The van der Waals surface area contributed by atoms with Crippen LogP contribution in [-0.4, -0.2) is 110 Å². The Morgan fingerprint density at radius 1 is 1.02 bits per heavy atom. The molecule has 4 heterocycles. The molecule has 8 rings (SSSR count). The molecule has 15 nitrogen and oxygen atoms in total. The molecule has 54 heavy (non-hydrogen) atoms. The minimum absolute atomic E-state index is 0.147. The van der Waals surface area contributed by atoms with E-state index in [9.17, 15) is 29.4 Å². The lowest BCUT2D eigenvalue weighted by atomic mass is 9.85. The number of alkyl halides is 3. The molecular weight excluding hydrogens is 763 g/mol. The Morgan fingerprint density at radius 2 is 1.74 bits per heavy atom. The van der Waals surface area contributed by atoms with Gasteiger partial charge in [0.15, 0.2) is 5.66 Å². The molecule has 280 valence electrons. The van der Waals surface area contributed by atoms with Crippen LogP contribution in [0.3, 0.4) is 0 Å². The highest BCUT2D eigenvalue weighted by Gasteiger charge is 2.74. The number of rotatable bonds is 6. The number of alkyl carbamates (subject to hydrolysis) is 1. The highest BCUT2D eigenvalue weighted by molar-refractivity contribution is 6.67. The van der Waals surface area contributed by atoms with E-state index in [1.165, 1.54) is 9.80 Å². The quantitative estimate of drug-likeness (QED) is 0.0962. The van der Waals surface area contributed by atoms with Gasteiger partial charge in [-0.15, -0.1) is 0 Å². The van der Waals surface area contributed by atoms with Gasteiger partial charge in [-0.25, -0.2) is 14.6 Å². The van der Waals surface area contributed by atoms with Crippen LogP contribution in [0.1, 0.15) is 21.5 Å². The van der Waals surface area contributed by atoms with Gasteiger partial charge in [-0.2, -0.15) is 0 Å². The van der Waals surface area contributed by atoms with Gasteiger partial charge in [0.05, 0.1) is 24.4 Å². The molecule has 18 heteroatoms. The Balaban J connectivity index is 1.13. The highest BCUT2D eigenvalue weighted by Crippen LogP contribution is 2.46. The lowest BCUT2D eigenvalue weighted by molar-refractivity contribution is -0.231. The van der Waals surface area contributed by atoms with Crippen LogP contribution in [0, 0.1) is 0 Å². The summed E-state index contributed by atoms with van der Waals surface area (Å²) in [6, 6.07) is 17.6. The molecule has 6 N–H and O–H groups in total. The number of carbonyl (C=O) groups excluding carboxylic acids is 4. The molecular formula is C36H33Cl3N8O7. The standard InChI is InChI=1S/C36H33Cl3N8O7/c1-19-40-29-26(15-46-28(48)17-45(33(46)51)21-9-3-2-4-10-21)41-31(43-32(50)54-18-34(37,38)39)47-16-27(36(52,53)35(29,47)44-19)42-30(49)24-13-7-12-23-22-11-6-5-8-20(22)14-25(23)24/h2-13,26-27,29,40,44,52-53H,1,14-18H2,(H,42,49)(H,41,43,50)/t26-,27?,29?,35?/m0/s1. The van der Waals surface area contributed by atoms with Crippen molar-refractivity contribution >= 4 is 70.4 Å². The minimum Gasteiger partial charge on any atom is -0.445 e. The molecule has 1 spiro atoms. The van der Waals surface area contributed by atoms with Crippen molar-refractivity contribution in [2.24, 2.45) is 4.99 Å². The van der Waals surface area contributed by atoms with Crippen LogP contribution in [0.15, 0.2) is 90.2 Å². The fourth-order valence-electron chi connectivity index (χ4n) is 8.03. The van der Waals surface area contributed by atoms with E-state index in [-0.39, 0.29) is 31.4 Å². The van der Waals surface area contributed by atoms with Crippen LogP contribution < -0.4 is 26.2 Å². The first-order valence-electron chi connectivity index (χ1n) is 16.9. The van der Waals surface area contributed by atoms with E-state index in [0.29, 0.717) is 17.7 Å². The van der Waals surface area contributed by atoms with Gasteiger partial charge in [-0.3, -0.25) is 24.7 Å². The lowest BCUT2D eigenvalue weighted by Crippen LogP contribution is -2.78. The molecule has 5 aliphatic rings. The van der Waals surface area contributed by atoms with Crippen molar-refractivity contribution in [2.75, 3.05) is 31.1 Å². The third-order valence-electron chi connectivity index (χ3n) is 10.4. The number of nitrogens with one attached hydrogen (secondary N) is 4. The van der Waals surface area contributed by atoms with Crippen LogP contribution in [-0.2, 0) is 16.0 Å². The summed E-state index contributed by atoms with van der Waals surface area (Å²) in [6.45, 7) is 2.45. The predicted octanol–water partition coefficient (Wildman–Crippen LogP) is 2.38. The molecule has 1 aliphatic carbocycles. The van der Waals surface area contributed by atoms with Gasteiger partial charge in [0.2, 0.25) is 15.5 Å². The van der Waals surface area contributed by atoms with Gasteiger partial charge < -0.3 is 35.8 Å². The Hall–Kier alpha value is -5.06. The predicted molar refractivity (Wildman–Crippen MR) is 199 cm³/mol. The number of anilines is 1. The van der Waals surface area contributed by atoms with E-state index in [2.05, 4.69) is 27.8 Å². The van der Waals surface area contributed by atoms with Gasteiger partial charge >= 0.3 is 12.1 Å². The van der Waals surface area contributed by atoms with E-state index in [0.717, 1.165) is 27.2 Å². The molecule has 0 radical (unpaired) electrons. The van der Waals surface area contributed by atoms with E-state index in [1.54, 1.807) is 42.5 Å². The number of guanidine groups is 1.